The Hall–Kier alpha value is -0.666. The Morgan fingerprint density at radius 2 is 1.32 bits per heavy atom. The van der Waals surface area contributed by atoms with Crippen LogP contribution in [0, 0.1) is 0 Å². The number of hydrogen-bond acceptors (Lipinski definition) is 4. The minimum atomic E-state index is -1.67. The van der Waals surface area contributed by atoms with Crippen LogP contribution in [0.15, 0.2) is 30.3 Å². The summed E-state index contributed by atoms with van der Waals surface area (Å²) < 4.78 is 16.7. The molecule has 22 heavy (non-hydrogen) atoms. The molecular weight excluding hydrogens is 310 g/mol. The second-order valence-corrected chi connectivity index (χ2v) is 14.0. The van der Waals surface area contributed by atoms with Gasteiger partial charge in [-0.3, -0.25) is 0 Å². The van der Waals surface area contributed by atoms with E-state index < -0.39 is 17.8 Å². The molecule has 0 unspecified atom stereocenters. The second kappa shape index (κ2) is 9.47. The fourth-order valence-corrected chi connectivity index (χ4v) is 4.14. The first-order valence-electron chi connectivity index (χ1n) is 7.49. The molecule has 6 heteroatoms. The predicted molar refractivity (Wildman–Crippen MR) is 100 cm³/mol. The molecule has 0 spiro atoms. The van der Waals surface area contributed by atoms with E-state index in [4.69, 9.17) is 13.3 Å². The van der Waals surface area contributed by atoms with Gasteiger partial charge in [0.2, 0.25) is 0 Å². The average Bonchev–Trinajstić information content (AvgIpc) is 2.48. The Morgan fingerprint density at radius 3 is 1.59 bits per heavy atom. The Balaban J connectivity index is 0.000000534. The van der Waals surface area contributed by atoms with Crippen LogP contribution in [0.4, 0.5) is 5.69 Å². The summed E-state index contributed by atoms with van der Waals surface area (Å²) in [5.41, 5.74) is 1.34. The smallest absolute Gasteiger partial charge is 0.400 e. The maximum atomic E-state index is 4.74. The molecule has 1 rings (SSSR count). The molecule has 0 aliphatic heterocycles. The van der Waals surface area contributed by atoms with Crippen LogP contribution in [-0.4, -0.2) is 46.1 Å². The predicted octanol–water partition coefficient (Wildman–Crippen LogP) is 3.77. The summed E-state index contributed by atoms with van der Waals surface area (Å²) in [5.74, 6) is 0. The van der Waals surface area contributed by atoms with Crippen molar-refractivity contribution in [1.29, 1.82) is 0 Å². The molecule has 0 heterocycles. The first kappa shape index (κ1) is 21.3. The van der Waals surface area contributed by atoms with Crippen molar-refractivity contribution >= 4 is 23.5 Å². The molecule has 0 amide bonds. The Morgan fingerprint density at radius 1 is 0.909 bits per heavy atom. The maximum Gasteiger partial charge on any atom is 0.483 e. The number of nitrogens with zero attached hydrogens (tertiary/aromatic N) is 1. The van der Waals surface area contributed by atoms with Crippen molar-refractivity contribution in [2.24, 2.45) is 0 Å². The summed E-state index contributed by atoms with van der Waals surface area (Å²) in [7, 11) is 3.86. The highest BCUT2D eigenvalue weighted by molar-refractivity contribution is 6.83. The van der Waals surface area contributed by atoms with Crippen LogP contribution >= 0.6 is 0 Å². The van der Waals surface area contributed by atoms with Gasteiger partial charge in [0.15, 0.2) is 8.24 Å². The van der Waals surface area contributed by atoms with E-state index in [2.05, 4.69) is 75.8 Å². The largest absolute Gasteiger partial charge is 0.483 e. The van der Waals surface area contributed by atoms with Crippen molar-refractivity contribution in [3.63, 3.8) is 0 Å². The number of rotatable bonds is 5. The molecule has 128 valence electrons. The molecule has 0 atom stereocenters. The van der Waals surface area contributed by atoms with Gasteiger partial charge in [-0.15, -0.1) is 0 Å². The topological polar surface area (TPSA) is 30.9 Å². The fraction of sp³-hybridized carbons (Fsp3) is 0.625. The van der Waals surface area contributed by atoms with Crippen LogP contribution in [0.1, 0.15) is 20.8 Å². The van der Waals surface area contributed by atoms with E-state index in [0.717, 1.165) is 0 Å². The quantitative estimate of drug-likeness (QED) is 0.762. The van der Waals surface area contributed by atoms with E-state index in [9.17, 15) is 0 Å². The minimum Gasteiger partial charge on any atom is -0.400 e. The van der Waals surface area contributed by atoms with Crippen LogP contribution in [-0.2, 0) is 13.3 Å². The molecule has 0 aliphatic rings. The van der Waals surface area contributed by atoms with Crippen molar-refractivity contribution in [2.45, 2.75) is 38.9 Å². The molecule has 0 saturated carbocycles. The van der Waals surface area contributed by atoms with Gasteiger partial charge in [-0.2, -0.15) is 0 Å². The van der Waals surface area contributed by atoms with E-state index in [1.165, 1.54) is 5.69 Å². The third-order valence-electron chi connectivity index (χ3n) is 4.39. The van der Waals surface area contributed by atoms with Gasteiger partial charge in [-0.05, 0) is 24.2 Å². The first-order chi connectivity index (χ1) is 10.1. The molecule has 0 aromatic heterocycles. The van der Waals surface area contributed by atoms with Gasteiger partial charge in [-0.1, -0.05) is 52.1 Å². The zero-order chi connectivity index (χ0) is 17.4. The van der Waals surface area contributed by atoms with Crippen LogP contribution in [0.2, 0.25) is 18.1 Å². The maximum absolute atomic E-state index is 4.74. The Labute approximate surface area is 139 Å². The van der Waals surface area contributed by atoms with Gasteiger partial charge in [0, 0.05) is 27.0 Å². The summed E-state index contributed by atoms with van der Waals surface area (Å²) in [6.07, 6.45) is 0. The Kier molecular flexibility index (Phi) is 9.18. The third-order valence-corrected chi connectivity index (χ3v) is 11.2. The molecule has 1 aromatic rings. The van der Waals surface area contributed by atoms with Gasteiger partial charge in [0.1, 0.15) is 0 Å². The van der Waals surface area contributed by atoms with E-state index >= 15 is 0 Å². The van der Waals surface area contributed by atoms with E-state index in [1.54, 1.807) is 21.3 Å². The van der Waals surface area contributed by atoms with Crippen molar-refractivity contribution in [2.75, 3.05) is 32.9 Å². The minimum absolute atomic E-state index is 0.386. The number of para-hydroxylation sites is 1. The van der Waals surface area contributed by atoms with E-state index in [0.29, 0.717) is 5.04 Å². The molecule has 1 aromatic carbocycles. The lowest BCUT2D eigenvalue weighted by Gasteiger charge is -2.45. The van der Waals surface area contributed by atoms with Crippen molar-refractivity contribution in [3.8, 4) is 0 Å². The molecule has 0 fully saturated rings. The van der Waals surface area contributed by atoms with Gasteiger partial charge in [0.05, 0.1) is 0 Å². The lowest BCUT2D eigenvalue weighted by Crippen LogP contribution is -2.53. The zero-order valence-electron chi connectivity index (χ0n) is 15.6. The highest BCUT2D eigenvalue weighted by Gasteiger charge is 2.39. The summed E-state index contributed by atoms with van der Waals surface area (Å²) in [4.78, 5) is 0. The normalized spacial score (nSPS) is 11.9. The highest BCUT2D eigenvalue weighted by atomic mass is 28.3. The summed E-state index contributed by atoms with van der Waals surface area (Å²) in [6.45, 7) is 11.9. The van der Waals surface area contributed by atoms with Crippen LogP contribution < -0.4 is 4.57 Å². The van der Waals surface area contributed by atoms with Crippen LogP contribution in [0.3, 0.4) is 0 Å². The SMILES string of the molecule is CN(c1ccccc1)[Si](C)(C)C(C)(C)C.CO[SiH](OC)OC. The number of anilines is 1. The first-order valence-corrected chi connectivity index (χ1v) is 11.8. The van der Waals surface area contributed by atoms with Gasteiger partial charge >= 0.3 is 9.53 Å². The van der Waals surface area contributed by atoms with Crippen molar-refractivity contribution in [3.05, 3.63) is 30.3 Å². The van der Waals surface area contributed by atoms with Crippen molar-refractivity contribution in [1.82, 2.24) is 0 Å². The standard InChI is InChI=1S/C13H23NSi.C3H10O3Si/c1-13(2,3)15(5,6)14(4)12-10-8-7-9-11-12;1-4-7(5-2)6-3/h7-11H,1-6H3;7H,1-3H3. The molecule has 0 bridgehead atoms. The number of hydrogen-bond donors (Lipinski definition) is 0. The molecule has 0 radical (unpaired) electrons. The van der Waals surface area contributed by atoms with E-state index in [1.807, 2.05) is 0 Å². The van der Waals surface area contributed by atoms with Gasteiger partial charge < -0.3 is 17.8 Å². The Bertz CT molecular complexity index is 398. The lowest BCUT2D eigenvalue weighted by atomic mass is 10.2. The second-order valence-electron chi connectivity index (χ2n) is 6.70. The molecule has 0 saturated heterocycles. The fourth-order valence-electron chi connectivity index (χ4n) is 1.77. The molecule has 0 aliphatic carbocycles. The third kappa shape index (κ3) is 6.22. The van der Waals surface area contributed by atoms with Crippen LogP contribution in [0.5, 0.6) is 0 Å². The average molecular weight is 344 g/mol. The van der Waals surface area contributed by atoms with Gasteiger partial charge in [-0.25, -0.2) is 0 Å². The van der Waals surface area contributed by atoms with Crippen molar-refractivity contribution < 1.29 is 13.3 Å². The zero-order valence-corrected chi connectivity index (χ0v) is 17.8. The molecule has 0 N–H and O–H groups in total. The molecule has 4 nitrogen and oxygen atoms in total. The van der Waals surface area contributed by atoms with Gasteiger partial charge in [0.25, 0.3) is 0 Å². The summed E-state index contributed by atoms with van der Waals surface area (Å²) in [6, 6.07) is 10.7. The van der Waals surface area contributed by atoms with E-state index in [-0.39, 0.29) is 0 Å². The number of benzene rings is 1. The molecular formula is C16H33NO3Si2. The highest BCUT2D eigenvalue weighted by Crippen LogP contribution is 2.39. The lowest BCUT2D eigenvalue weighted by molar-refractivity contribution is 0.163. The summed E-state index contributed by atoms with van der Waals surface area (Å²) in [5, 5.41) is 0.386. The monoisotopic (exact) mass is 343 g/mol. The summed E-state index contributed by atoms with van der Waals surface area (Å²) >= 11 is 0. The van der Waals surface area contributed by atoms with Crippen LogP contribution in [0.25, 0.3) is 0 Å².